The van der Waals surface area contributed by atoms with E-state index in [9.17, 15) is 13.2 Å². The number of hydrogen-bond acceptors (Lipinski definition) is 3. The lowest BCUT2D eigenvalue weighted by atomic mass is 10.2. The molecule has 0 bridgehead atoms. The summed E-state index contributed by atoms with van der Waals surface area (Å²) in [6, 6.07) is 3.58. The molecular weight excluding hydrogens is 287 g/mol. The van der Waals surface area contributed by atoms with Crippen LogP contribution >= 0.6 is 0 Å². The third kappa shape index (κ3) is 3.06. The molecule has 114 valence electrons. The summed E-state index contributed by atoms with van der Waals surface area (Å²) in [6.45, 7) is 0. The van der Waals surface area contributed by atoms with Gasteiger partial charge in [0, 0.05) is 0 Å². The van der Waals surface area contributed by atoms with E-state index in [0.717, 1.165) is 17.0 Å². The first kappa shape index (κ1) is 15.1. The van der Waals surface area contributed by atoms with E-state index in [-0.39, 0.29) is 5.52 Å². The van der Waals surface area contributed by atoms with Crippen LogP contribution in [0, 0.1) is 0 Å². The van der Waals surface area contributed by atoms with Gasteiger partial charge >= 0.3 is 12.2 Å². The molecule has 0 radical (unpaired) electrons. The number of amidine groups is 1. The molecule has 9 heteroatoms. The van der Waals surface area contributed by atoms with Crippen LogP contribution in [0.5, 0.6) is 0 Å². The summed E-state index contributed by atoms with van der Waals surface area (Å²) in [6.07, 6.45) is -4.43. The maximum absolute atomic E-state index is 12.8. The van der Waals surface area contributed by atoms with Gasteiger partial charge in [0.1, 0.15) is 11.0 Å². The fourth-order valence-corrected chi connectivity index (χ4v) is 1.78. The van der Waals surface area contributed by atoms with Crippen molar-refractivity contribution in [1.29, 1.82) is 0 Å². The summed E-state index contributed by atoms with van der Waals surface area (Å²) in [5.74, 6) is 0. The lowest BCUT2D eigenvalue weighted by Crippen LogP contribution is -2.39. The number of halogens is 3. The third-order valence-electron chi connectivity index (χ3n) is 2.68. The predicted molar refractivity (Wildman–Crippen MR) is 69.9 cm³/mol. The van der Waals surface area contributed by atoms with Crippen LogP contribution in [0.1, 0.15) is 5.56 Å². The van der Waals surface area contributed by atoms with Gasteiger partial charge in [-0.1, -0.05) is 4.85 Å². The van der Waals surface area contributed by atoms with Crippen molar-refractivity contribution < 1.29 is 22.6 Å². The average Bonchev–Trinajstić information content (AvgIpc) is 2.76. The lowest BCUT2D eigenvalue weighted by molar-refractivity contribution is -0.480. The van der Waals surface area contributed by atoms with Gasteiger partial charge in [0.2, 0.25) is 0 Å². The minimum Gasteiger partial charge on any atom is -0.278 e. The topological polar surface area (TPSA) is 46.2 Å². The van der Waals surface area contributed by atoms with Crippen LogP contribution in [0.4, 0.5) is 13.2 Å². The summed E-state index contributed by atoms with van der Waals surface area (Å²) in [7, 11) is 6.98. The number of alkyl halides is 3. The van der Waals surface area contributed by atoms with Gasteiger partial charge in [-0.15, -0.1) is 5.10 Å². The van der Waals surface area contributed by atoms with E-state index in [1.165, 1.54) is 6.07 Å². The van der Waals surface area contributed by atoms with Gasteiger partial charge in [0.05, 0.1) is 33.8 Å². The zero-order valence-corrected chi connectivity index (χ0v) is 12.0. The molecular formula is C12H15F3N5O+. The Hall–Kier alpha value is -2.32. The highest BCUT2D eigenvalue weighted by atomic mass is 19.4. The van der Waals surface area contributed by atoms with Crippen LogP contribution < -0.4 is 4.84 Å². The van der Waals surface area contributed by atoms with E-state index >= 15 is 0 Å². The Morgan fingerprint density at radius 2 is 1.95 bits per heavy atom. The van der Waals surface area contributed by atoms with Crippen LogP contribution in [0.15, 0.2) is 18.2 Å². The molecule has 0 aliphatic heterocycles. The first-order valence-corrected chi connectivity index (χ1v) is 6.02. The summed E-state index contributed by atoms with van der Waals surface area (Å²) in [4.78, 5) is 8.14. The molecule has 0 N–H and O–H groups in total. The molecule has 1 heterocycles. The molecule has 1 aromatic heterocycles. The maximum atomic E-state index is 12.8. The Labute approximate surface area is 119 Å². The van der Waals surface area contributed by atoms with E-state index in [0.29, 0.717) is 11.5 Å². The first-order chi connectivity index (χ1) is 9.70. The second-order valence-corrected chi connectivity index (χ2v) is 4.83. The van der Waals surface area contributed by atoms with Crippen LogP contribution in [-0.4, -0.2) is 58.8 Å². The molecule has 1 aromatic carbocycles. The van der Waals surface area contributed by atoms with Crippen LogP contribution in [-0.2, 0) is 6.18 Å². The average molecular weight is 302 g/mol. The zero-order valence-electron chi connectivity index (χ0n) is 12.0. The highest BCUT2D eigenvalue weighted by molar-refractivity contribution is 5.76. The fourth-order valence-electron chi connectivity index (χ4n) is 1.78. The molecule has 0 unspecified atom stereocenters. The number of benzene rings is 1. The third-order valence-corrected chi connectivity index (χ3v) is 2.68. The molecule has 2 rings (SSSR count). The highest BCUT2D eigenvalue weighted by Gasteiger charge is 2.31. The van der Waals surface area contributed by atoms with Crippen LogP contribution in [0.2, 0.25) is 0 Å². The fraction of sp³-hybridized carbons (Fsp3) is 0.417. The summed E-state index contributed by atoms with van der Waals surface area (Å²) >= 11 is 0. The lowest BCUT2D eigenvalue weighted by Gasteiger charge is -2.11. The Morgan fingerprint density at radius 3 is 2.48 bits per heavy atom. The van der Waals surface area contributed by atoms with Crippen LogP contribution in [0.25, 0.3) is 11.0 Å². The van der Waals surface area contributed by atoms with Crippen molar-refractivity contribution in [3.8, 4) is 0 Å². The van der Waals surface area contributed by atoms with Gasteiger partial charge in [-0.25, -0.2) is 9.48 Å². The molecule has 0 spiro atoms. The van der Waals surface area contributed by atoms with Crippen molar-refractivity contribution in [2.24, 2.45) is 0 Å². The minimum atomic E-state index is -4.43. The molecule has 6 nitrogen and oxygen atoms in total. The molecule has 21 heavy (non-hydrogen) atoms. The predicted octanol–water partition coefficient (Wildman–Crippen LogP) is 1.07. The molecule has 0 aliphatic carbocycles. The molecule has 0 amide bonds. The van der Waals surface area contributed by atoms with Crippen molar-refractivity contribution in [3.05, 3.63) is 23.8 Å². The van der Waals surface area contributed by atoms with Crippen molar-refractivity contribution in [3.63, 3.8) is 0 Å². The molecule has 2 aromatic rings. The van der Waals surface area contributed by atoms with Crippen molar-refractivity contribution >= 4 is 17.1 Å². The first-order valence-electron chi connectivity index (χ1n) is 6.02. The number of rotatable bonds is 1. The Morgan fingerprint density at radius 1 is 1.29 bits per heavy atom. The monoisotopic (exact) mass is 302 g/mol. The van der Waals surface area contributed by atoms with Gasteiger partial charge in [-0.05, 0) is 23.4 Å². The van der Waals surface area contributed by atoms with Crippen molar-refractivity contribution in [2.45, 2.75) is 6.18 Å². The molecule has 0 saturated heterocycles. The normalized spacial score (nSPS) is 11.6. The van der Waals surface area contributed by atoms with Gasteiger partial charge in [0.15, 0.2) is 0 Å². The van der Waals surface area contributed by atoms with Gasteiger partial charge in [-0.2, -0.15) is 13.2 Å². The summed E-state index contributed by atoms with van der Waals surface area (Å²) < 4.78 is 39.9. The summed E-state index contributed by atoms with van der Waals surface area (Å²) in [5, 5.41) is 7.51. The molecule has 0 aliphatic rings. The van der Waals surface area contributed by atoms with Gasteiger partial charge in [-0.3, -0.25) is 4.84 Å². The van der Waals surface area contributed by atoms with Crippen molar-refractivity contribution in [1.82, 2.24) is 20.1 Å². The Balaban J connectivity index is 2.48. The largest absolute Gasteiger partial charge is 0.471 e. The number of hydrogen-bond donors (Lipinski definition) is 0. The van der Waals surface area contributed by atoms with Gasteiger partial charge in [0.25, 0.3) is 0 Å². The summed E-state index contributed by atoms with van der Waals surface area (Å²) in [5.41, 5.74) is -0.315. The smallest absolute Gasteiger partial charge is 0.278 e. The Bertz CT molecular complexity index is 686. The molecule has 0 saturated carbocycles. The number of fused-ring (bicyclic) bond motifs is 1. The zero-order chi connectivity index (χ0) is 15.8. The standard InChI is InChI=1S/C12H15F3N5O/c1-18(2)11(19(3)4)21-20-10-7-8(12(13,14)15)5-6-9(10)16-17-20/h5-7H,1-4H3/q+1. The minimum absolute atomic E-state index is 0.144. The number of nitrogens with zero attached hydrogens (tertiary/aromatic N) is 5. The van der Waals surface area contributed by atoms with E-state index in [1.807, 2.05) is 0 Å². The second kappa shape index (κ2) is 5.23. The van der Waals surface area contributed by atoms with Crippen LogP contribution in [0.3, 0.4) is 0 Å². The highest BCUT2D eigenvalue weighted by Crippen LogP contribution is 2.30. The SMILES string of the molecule is CN(C)C(On1nnc2ccc(C(F)(F)F)cc21)=[N+](C)C. The van der Waals surface area contributed by atoms with E-state index in [1.54, 1.807) is 37.7 Å². The quantitative estimate of drug-likeness (QED) is 0.449. The second-order valence-electron chi connectivity index (χ2n) is 4.83. The number of aromatic nitrogens is 3. The molecule has 0 fully saturated rings. The maximum Gasteiger partial charge on any atom is 0.471 e. The molecule has 0 atom stereocenters. The van der Waals surface area contributed by atoms with Gasteiger partial charge < -0.3 is 0 Å². The van der Waals surface area contributed by atoms with E-state index in [2.05, 4.69) is 10.3 Å². The Kier molecular flexibility index (Phi) is 3.75. The van der Waals surface area contributed by atoms with E-state index in [4.69, 9.17) is 4.84 Å². The van der Waals surface area contributed by atoms with Crippen molar-refractivity contribution in [2.75, 3.05) is 28.2 Å². The van der Waals surface area contributed by atoms with E-state index < -0.39 is 11.7 Å².